The Morgan fingerprint density at radius 1 is 1.21 bits per heavy atom. The van der Waals surface area contributed by atoms with Gasteiger partial charge in [0.15, 0.2) is 9.84 Å². The van der Waals surface area contributed by atoms with E-state index in [9.17, 15) is 18.0 Å². The smallest absolute Gasteiger partial charge is 0.329 e. The van der Waals surface area contributed by atoms with Gasteiger partial charge in [-0.15, -0.1) is 0 Å². The number of esters is 1. The van der Waals surface area contributed by atoms with Gasteiger partial charge in [0.05, 0.1) is 0 Å². The fourth-order valence-electron chi connectivity index (χ4n) is 1.32. The zero-order chi connectivity index (χ0) is 15.4. The van der Waals surface area contributed by atoms with E-state index in [4.69, 9.17) is 4.74 Å². The van der Waals surface area contributed by atoms with Crippen LogP contribution in [0.5, 0.6) is 0 Å². The molecule has 1 atom stereocenters. The first-order valence-corrected chi connectivity index (χ1v) is 8.08. The first kappa shape index (κ1) is 17.9. The van der Waals surface area contributed by atoms with Crippen molar-refractivity contribution in [1.29, 1.82) is 0 Å². The van der Waals surface area contributed by atoms with Gasteiger partial charge in [-0.3, -0.25) is 4.79 Å². The summed E-state index contributed by atoms with van der Waals surface area (Å²) in [6, 6.07) is -0.853. The van der Waals surface area contributed by atoms with Crippen LogP contribution in [0.4, 0.5) is 0 Å². The van der Waals surface area contributed by atoms with Crippen molar-refractivity contribution in [2.45, 2.75) is 46.3 Å². The maximum atomic E-state index is 11.9. The molecule has 0 aromatic heterocycles. The summed E-state index contributed by atoms with van der Waals surface area (Å²) in [6.45, 7) is 8.66. The number of ether oxygens (including phenoxy) is 1. The van der Waals surface area contributed by atoms with Gasteiger partial charge in [0, 0.05) is 6.26 Å². The Bertz CT molecular complexity index is 434. The van der Waals surface area contributed by atoms with E-state index >= 15 is 0 Å². The van der Waals surface area contributed by atoms with Gasteiger partial charge in [-0.2, -0.15) is 0 Å². The van der Waals surface area contributed by atoms with Crippen LogP contribution in [0.2, 0.25) is 0 Å². The van der Waals surface area contributed by atoms with Gasteiger partial charge in [-0.05, 0) is 26.7 Å². The Morgan fingerprint density at radius 3 is 2.00 bits per heavy atom. The van der Waals surface area contributed by atoms with E-state index in [0.29, 0.717) is 0 Å². The third-order valence-electron chi connectivity index (χ3n) is 2.04. The van der Waals surface area contributed by atoms with Crippen molar-refractivity contribution >= 4 is 21.7 Å². The van der Waals surface area contributed by atoms with Crippen molar-refractivity contribution in [1.82, 2.24) is 5.32 Å². The van der Waals surface area contributed by atoms with E-state index in [0.717, 1.165) is 6.26 Å². The predicted molar refractivity (Wildman–Crippen MR) is 72.3 cm³/mol. The average Bonchev–Trinajstić information content (AvgIpc) is 2.07. The summed E-state index contributed by atoms with van der Waals surface area (Å²) < 4.78 is 27.2. The molecule has 0 aliphatic carbocycles. The zero-order valence-electron chi connectivity index (χ0n) is 12.3. The normalized spacial score (nSPS) is 14.1. The fourth-order valence-corrected chi connectivity index (χ4v) is 1.88. The molecule has 0 saturated heterocycles. The number of carbonyl (C=O) groups excluding carboxylic acids is 2. The Kier molecular flexibility index (Phi) is 5.99. The van der Waals surface area contributed by atoms with Gasteiger partial charge in [0.2, 0.25) is 5.91 Å². The highest BCUT2D eigenvalue weighted by Crippen LogP contribution is 2.12. The van der Waals surface area contributed by atoms with Crippen LogP contribution in [0.15, 0.2) is 0 Å². The monoisotopic (exact) mass is 293 g/mol. The van der Waals surface area contributed by atoms with Gasteiger partial charge in [0.25, 0.3) is 0 Å². The molecule has 19 heavy (non-hydrogen) atoms. The molecule has 0 rings (SSSR count). The summed E-state index contributed by atoms with van der Waals surface area (Å²) in [5.74, 6) is -2.10. The molecule has 0 heterocycles. The Labute approximate surface area is 114 Å². The second kappa shape index (κ2) is 6.36. The minimum absolute atomic E-state index is 0.196. The van der Waals surface area contributed by atoms with Crippen molar-refractivity contribution in [2.24, 2.45) is 5.92 Å². The Hall–Kier alpha value is -1.11. The quantitative estimate of drug-likeness (QED) is 0.746. The lowest BCUT2D eigenvalue weighted by atomic mass is 10.0. The van der Waals surface area contributed by atoms with Crippen LogP contribution < -0.4 is 5.32 Å². The predicted octanol–water partition coefficient (Wildman–Crippen LogP) is 0.514. The molecular weight excluding hydrogens is 270 g/mol. The van der Waals surface area contributed by atoms with Gasteiger partial charge in [-0.25, -0.2) is 13.2 Å². The maximum absolute atomic E-state index is 11.9. The SMILES string of the molecule is CC(C)[C@H](NC(=O)CS(C)(=O)=O)C(=O)OC(C)(C)C. The van der Waals surface area contributed by atoms with Gasteiger partial charge < -0.3 is 10.1 Å². The van der Waals surface area contributed by atoms with E-state index in [-0.39, 0.29) is 5.92 Å². The summed E-state index contributed by atoms with van der Waals surface area (Å²) in [7, 11) is -3.42. The molecule has 1 N–H and O–H groups in total. The molecule has 6 nitrogen and oxygen atoms in total. The second-order valence-electron chi connectivity index (χ2n) is 5.89. The molecule has 0 spiro atoms. The van der Waals surface area contributed by atoms with Gasteiger partial charge in [0.1, 0.15) is 17.4 Å². The zero-order valence-corrected chi connectivity index (χ0v) is 13.1. The fraction of sp³-hybridized carbons (Fsp3) is 0.833. The third-order valence-corrected chi connectivity index (χ3v) is 2.82. The molecule has 112 valence electrons. The summed E-state index contributed by atoms with van der Waals surface area (Å²) in [5, 5.41) is 2.40. The molecule has 0 aromatic carbocycles. The van der Waals surface area contributed by atoms with E-state index in [1.807, 2.05) is 0 Å². The van der Waals surface area contributed by atoms with Crippen LogP contribution in [0.1, 0.15) is 34.6 Å². The molecule has 0 bridgehead atoms. The van der Waals surface area contributed by atoms with E-state index < -0.39 is 39.1 Å². The number of nitrogens with one attached hydrogen (secondary N) is 1. The largest absolute Gasteiger partial charge is 0.458 e. The highest BCUT2D eigenvalue weighted by atomic mass is 32.2. The first-order chi connectivity index (χ1) is 8.32. The summed E-state index contributed by atoms with van der Waals surface area (Å²) in [5.41, 5.74) is -0.661. The highest BCUT2D eigenvalue weighted by Gasteiger charge is 2.29. The van der Waals surface area contributed by atoms with Crippen molar-refractivity contribution in [3.63, 3.8) is 0 Å². The molecule has 0 saturated carbocycles. The average molecular weight is 293 g/mol. The number of hydrogen-bond acceptors (Lipinski definition) is 5. The lowest BCUT2D eigenvalue weighted by molar-refractivity contribution is -0.159. The van der Waals surface area contributed by atoms with Crippen molar-refractivity contribution in [3.05, 3.63) is 0 Å². The highest BCUT2D eigenvalue weighted by molar-refractivity contribution is 7.91. The number of rotatable bonds is 5. The summed E-state index contributed by atoms with van der Waals surface area (Å²) in [4.78, 5) is 23.5. The number of hydrogen-bond donors (Lipinski definition) is 1. The van der Waals surface area contributed by atoms with Crippen molar-refractivity contribution in [3.8, 4) is 0 Å². The maximum Gasteiger partial charge on any atom is 0.329 e. The molecule has 0 aliphatic heterocycles. The molecule has 0 unspecified atom stereocenters. The standard InChI is InChI=1S/C12H23NO5S/c1-8(2)10(11(15)18-12(3,4)5)13-9(14)7-19(6,16)17/h8,10H,7H2,1-6H3,(H,13,14)/t10-/m0/s1. The van der Waals surface area contributed by atoms with E-state index in [2.05, 4.69) is 5.32 Å². The molecular formula is C12H23NO5S. The molecule has 1 amide bonds. The van der Waals surface area contributed by atoms with Crippen LogP contribution in [-0.4, -0.2) is 43.9 Å². The topological polar surface area (TPSA) is 89.5 Å². The van der Waals surface area contributed by atoms with Crippen molar-refractivity contribution in [2.75, 3.05) is 12.0 Å². The summed E-state index contributed by atoms with van der Waals surface area (Å²) in [6.07, 6.45) is 0.963. The van der Waals surface area contributed by atoms with E-state index in [1.165, 1.54) is 0 Å². The Balaban J connectivity index is 4.76. The van der Waals surface area contributed by atoms with Gasteiger partial charge >= 0.3 is 5.97 Å². The number of sulfone groups is 1. The third kappa shape index (κ3) is 8.58. The lowest BCUT2D eigenvalue weighted by Gasteiger charge is -2.26. The van der Waals surface area contributed by atoms with Gasteiger partial charge in [-0.1, -0.05) is 13.8 Å². The first-order valence-electron chi connectivity index (χ1n) is 6.02. The van der Waals surface area contributed by atoms with Crippen LogP contribution >= 0.6 is 0 Å². The molecule has 0 aliphatic rings. The van der Waals surface area contributed by atoms with Crippen LogP contribution in [0, 0.1) is 5.92 Å². The second-order valence-corrected chi connectivity index (χ2v) is 8.03. The molecule has 0 aromatic rings. The molecule has 0 fully saturated rings. The number of amides is 1. The number of carbonyl (C=O) groups is 2. The van der Waals surface area contributed by atoms with Crippen LogP contribution in [0.3, 0.4) is 0 Å². The van der Waals surface area contributed by atoms with Crippen LogP contribution in [-0.2, 0) is 24.2 Å². The molecule has 0 radical (unpaired) electrons. The van der Waals surface area contributed by atoms with E-state index in [1.54, 1.807) is 34.6 Å². The Morgan fingerprint density at radius 2 is 1.68 bits per heavy atom. The van der Waals surface area contributed by atoms with Crippen molar-refractivity contribution < 1.29 is 22.7 Å². The van der Waals surface area contributed by atoms with Crippen LogP contribution in [0.25, 0.3) is 0 Å². The lowest BCUT2D eigenvalue weighted by Crippen LogP contribution is -2.48. The minimum atomic E-state index is -3.42. The minimum Gasteiger partial charge on any atom is -0.458 e. The molecule has 7 heteroatoms. The summed E-state index contributed by atoms with van der Waals surface area (Å²) >= 11 is 0.